The van der Waals surface area contributed by atoms with Gasteiger partial charge in [-0.2, -0.15) is 13.2 Å². The number of carbonyl (C=O) groups is 1. The van der Waals surface area contributed by atoms with E-state index in [4.69, 9.17) is 0 Å². The van der Waals surface area contributed by atoms with Crippen molar-refractivity contribution in [2.24, 2.45) is 11.8 Å². The molecule has 1 aliphatic heterocycles. The summed E-state index contributed by atoms with van der Waals surface area (Å²) in [6.45, 7) is 2.92. The molecule has 8 heteroatoms. The van der Waals surface area contributed by atoms with Crippen LogP contribution in [0.2, 0.25) is 0 Å². The maximum atomic E-state index is 13.3. The van der Waals surface area contributed by atoms with Gasteiger partial charge in [-0.1, -0.05) is 18.2 Å². The Bertz CT molecular complexity index is 902. The molecule has 1 saturated heterocycles. The normalized spacial score (nSPS) is 24.4. The zero-order valence-electron chi connectivity index (χ0n) is 15.3. The molecule has 0 spiro atoms. The van der Waals surface area contributed by atoms with Gasteiger partial charge in [0.2, 0.25) is 5.95 Å². The van der Waals surface area contributed by atoms with Crippen LogP contribution in [0.1, 0.15) is 45.9 Å². The number of carboxylic acid groups (broad SMARTS) is 1. The Balaban J connectivity index is 1.51. The molecule has 1 aromatic heterocycles. The lowest BCUT2D eigenvalue weighted by Crippen LogP contribution is -2.25. The summed E-state index contributed by atoms with van der Waals surface area (Å²) >= 11 is 0. The molecule has 1 aliphatic carbocycles. The first kappa shape index (κ1) is 18.7. The van der Waals surface area contributed by atoms with Gasteiger partial charge < -0.3 is 10.0 Å². The fourth-order valence-electron chi connectivity index (χ4n) is 4.63. The van der Waals surface area contributed by atoms with Crippen molar-refractivity contribution in [1.82, 2.24) is 9.97 Å². The first-order valence-corrected chi connectivity index (χ1v) is 9.22. The van der Waals surface area contributed by atoms with Crippen LogP contribution in [0.4, 0.5) is 19.1 Å². The molecule has 2 aromatic rings. The van der Waals surface area contributed by atoms with Crippen molar-refractivity contribution >= 4 is 11.9 Å². The minimum Gasteiger partial charge on any atom is -0.476 e. The topological polar surface area (TPSA) is 66.3 Å². The van der Waals surface area contributed by atoms with E-state index >= 15 is 0 Å². The average molecular weight is 391 g/mol. The van der Waals surface area contributed by atoms with E-state index in [-0.39, 0.29) is 23.4 Å². The molecular formula is C20H20F3N3O2. The van der Waals surface area contributed by atoms with Crippen LogP contribution in [0, 0.1) is 18.8 Å². The summed E-state index contributed by atoms with van der Waals surface area (Å²) in [5.41, 5.74) is 0.332. The summed E-state index contributed by atoms with van der Waals surface area (Å²) < 4.78 is 40.0. The van der Waals surface area contributed by atoms with Crippen LogP contribution in [0.3, 0.4) is 0 Å². The molecule has 1 unspecified atom stereocenters. The number of rotatable bonds is 3. The van der Waals surface area contributed by atoms with Crippen LogP contribution in [0.15, 0.2) is 30.5 Å². The van der Waals surface area contributed by atoms with Gasteiger partial charge in [-0.25, -0.2) is 14.8 Å². The minimum absolute atomic E-state index is 0.0148. The van der Waals surface area contributed by atoms with E-state index in [1.165, 1.54) is 12.3 Å². The number of aromatic nitrogens is 2. The fourth-order valence-corrected chi connectivity index (χ4v) is 4.63. The second-order valence-corrected chi connectivity index (χ2v) is 7.69. The van der Waals surface area contributed by atoms with Crippen molar-refractivity contribution in [3.8, 4) is 0 Å². The molecule has 0 radical (unpaired) electrons. The summed E-state index contributed by atoms with van der Waals surface area (Å²) in [5.74, 6) is -0.313. The van der Waals surface area contributed by atoms with Crippen LogP contribution in [0.5, 0.6) is 0 Å². The van der Waals surface area contributed by atoms with Gasteiger partial charge in [-0.15, -0.1) is 0 Å². The van der Waals surface area contributed by atoms with E-state index in [1.54, 1.807) is 19.1 Å². The molecular weight excluding hydrogens is 371 g/mol. The second kappa shape index (κ2) is 6.76. The number of hydrogen-bond acceptors (Lipinski definition) is 4. The van der Waals surface area contributed by atoms with Gasteiger partial charge >= 0.3 is 12.1 Å². The van der Waals surface area contributed by atoms with Crippen molar-refractivity contribution in [2.45, 2.75) is 31.9 Å². The molecule has 0 amide bonds. The maximum Gasteiger partial charge on any atom is 0.416 e. The molecule has 148 valence electrons. The first-order chi connectivity index (χ1) is 13.2. The summed E-state index contributed by atoms with van der Waals surface area (Å²) in [6.07, 6.45) is -1.47. The minimum atomic E-state index is -4.34. The molecule has 1 saturated carbocycles. The standard InChI is InChI=1S/C20H20F3N3O2/c1-11-8-24-19(25-17(11)18(27)28)26-9-13-6-12(7-14(13)10-26)15-4-2-3-5-16(15)20(21,22)23/h2-5,8,12-14H,6-7,9-10H2,1H3,(H,27,28)/t12?,13-,14+. The Morgan fingerprint density at radius 3 is 2.43 bits per heavy atom. The van der Waals surface area contributed by atoms with Crippen molar-refractivity contribution in [2.75, 3.05) is 18.0 Å². The van der Waals surface area contributed by atoms with E-state index in [2.05, 4.69) is 9.97 Å². The third kappa shape index (κ3) is 3.31. The molecule has 5 nitrogen and oxygen atoms in total. The summed E-state index contributed by atoms with van der Waals surface area (Å²) in [7, 11) is 0. The lowest BCUT2D eigenvalue weighted by atomic mass is 9.91. The molecule has 2 fully saturated rings. The first-order valence-electron chi connectivity index (χ1n) is 9.22. The molecule has 3 atom stereocenters. The zero-order chi connectivity index (χ0) is 20.1. The number of nitrogens with zero attached hydrogens (tertiary/aromatic N) is 3. The summed E-state index contributed by atoms with van der Waals surface area (Å²) in [4.78, 5) is 21.7. The van der Waals surface area contributed by atoms with Crippen LogP contribution in [0.25, 0.3) is 0 Å². The Hall–Kier alpha value is -2.64. The largest absolute Gasteiger partial charge is 0.476 e. The van der Waals surface area contributed by atoms with Crippen molar-refractivity contribution in [3.05, 3.63) is 52.8 Å². The van der Waals surface area contributed by atoms with Gasteiger partial charge in [0.25, 0.3) is 0 Å². The zero-order valence-corrected chi connectivity index (χ0v) is 15.3. The van der Waals surface area contributed by atoms with Crippen molar-refractivity contribution < 1.29 is 23.1 Å². The SMILES string of the molecule is Cc1cnc(N2C[C@H]3CC(c4ccccc4C(F)(F)F)C[C@H]3C2)nc1C(=O)O. The van der Waals surface area contributed by atoms with E-state index in [9.17, 15) is 23.1 Å². The van der Waals surface area contributed by atoms with Gasteiger partial charge in [0.15, 0.2) is 5.69 Å². The third-order valence-electron chi connectivity index (χ3n) is 5.90. The van der Waals surface area contributed by atoms with E-state index in [1.807, 2.05) is 4.90 Å². The second-order valence-electron chi connectivity index (χ2n) is 7.69. The summed E-state index contributed by atoms with van der Waals surface area (Å²) in [5, 5.41) is 9.25. The van der Waals surface area contributed by atoms with E-state index in [0.717, 1.165) is 6.07 Å². The Morgan fingerprint density at radius 2 is 1.82 bits per heavy atom. The highest BCUT2D eigenvalue weighted by Gasteiger charge is 2.44. The highest BCUT2D eigenvalue weighted by molar-refractivity contribution is 5.87. The number of alkyl halides is 3. The number of anilines is 1. The molecule has 1 N–H and O–H groups in total. The Labute approximate surface area is 160 Å². The van der Waals surface area contributed by atoms with Crippen LogP contribution in [-0.2, 0) is 6.18 Å². The highest BCUT2D eigenvalue weighted by Crippen LogP contribution is 2.49. The number of carboxylic acids is 1. The Kier molecular flexibility index (Phi) is 4.51. The lowest BCUT2D eigenvalue weighted by Gasteiger charge is -2.21. The molecule has 4 rings (SSSR count). The monoisotopic (exact) mass is 391 g/mol. The van der Waals surface area contributed by atoms with E-state index in [0.29, 0.717) is 43.0 Å². The predicted octanol–water partition coefficient (Wildman–Crippen LogP) is 4.13. The van der Waals surface area contributed by atoms with E-state index < -0.39 is 17.7 Å². The van der Waals surface area contributed by atoms with Gasteiger partial charge in [-0.3, -0.25) is 0 Å². The van der Waals surface area contributed by atoms with Gasteiger partial charge in [-0.05, 0) is 49.1 Å². The molecule has 28 heavy (non-hydrogen) atoms. The molecule has 0 bridgehead atoms. The van der Waals surface area contributed by atoms with Gasteiger partial charge in [0, 0.05) is 24.8 Å². The van der Waals surface area contributed by atoms with Gasteiger partial charge in [0.05, 0.1) is 5.56 Å². The quantitative estimate of drug-likeness (QED) is 0.852. The van der Waals surface area contributed by atoms with Crippen molar-refractivity contribution in [3.63, 3.8) is 0 Å². The summed E-state index contributed by atoms with van der Waals surface area (Å²) in [6, 6.07) is 5.84. The molecule has 2 heterocycles. The average Bonchev–Trinajstić information content (AvgIpc) is 3.20. The van der Waals surface area contributed by atoms with Crippen LogP contribution < -0.4 is 4.90 Å². The van der Waals surface area contributed by atoms with Crippen LogP contribution in [-0.4, -0.2) is 34.1 Å². The number of fused-ring (bicyclic) bond motifs is 1. The molecule has 1 aromatic carbocycles. The lowest BCUT2D eigenvalue weighted by molar-refractivity contribution is -0.138. The van der Waals surface area contributed by atoms with Crippen molar-refractivity contribution in [1.29, 1.82) is 0 Å². The highest BCUT2D eigenvalue weighted by atomic mass is 19.4. The number of benzene rings is 1. The number of hydrogen-bond donors (Lipinski definition) is 1. The maximum absolute atomic E-state index is 13.3. The fraction of sp³-hybridized carbons (Fsp3) is 0.450. The smallest absolute Gasteiger partial charge is 0.416 e. The third-order valence-corrected chi connectivity index (χ3v) is 5.90. The Morgan fingerprint density at radius 1 is 1.18 bits per heavy atom. The number of halogens is 3. The van der Waals surface area contributed by atoms with Gasteiger partial charge in [0.1, 0.15) is 0 Å². The molecule has 2 aliphatic rings. The number of aromatic carboxylic acids is 1. The predicted molar refractivity (Wildman–Crippen MR) is 96.3 cm³/mol. The number of aryl methyl sites for hydroxylation is 1. The van der Waals surface area contributed by atoms with Crippen LogP contribution >= 0.6 is 0 Å².